The van der Waals surface area contributed by atoms with Crippen molar-refractivity contribution in [2.45, 2.75) is 77.5 Å². The minimum Gasteiger partial charge on any atom is -0.490 e. The third kappa shape index (κ3) is 6.19. The van der Waals surface area contributed by atoms with Crippen molar-refractivity contribution in [1.29, 1.82) is 0 Å². The fraction of sp³-hybridized carbons (Fsp3) is 0.577. The second kappa shape index (κ2) is 9.92. The molecule has 2 aromatic carbocycles. The molecule has 2 aromatic rings. The van der Waals surface area contributed by atoms with Gasteiger partial charge in [0.25, 0.3) is 0 Å². The summed E-state index contributed by atoms with van der Waals surface area (Å²) in [6, 6.07) is 7.83. The van der Waals surface area contributed by atoms with Crippen LogP contribution in [0.5, 0.6) is 5.75 Å². The Labute approximate surface area is 193 Å². The van der Waals surface area contributed by atoms with Crippen molar-refractivity contribution < 1.29 is 27.8 Å². The van der Waals surface area contributed by atoms with E-state index in [0.717, 1.165) is 31.2 Å². The highest BCUT2D eigenvalue weighted by Crippen LogP contribution is 2.44. The molecule has 0 amide bonds. The maximum Gasteiger partial charge on any atom is 0.420 e. The number of halogens is 3. The lowest BCUT2D eigenvalue weighted by Gasteiger charge is -2.37. The minimum atomic E-state index is -4.56. The summed E-state index contributed by atoms with van der Waals surface area (Å²) in [5, 5.41) is 9.47. The molecular formula is C26H34F3NO3. The van der Waals surface area contributed by atoms with Gasteiger partial charge in [-0.2, -0.15) is 13.2 Å². The first-order valence-corrected chi connectivity index (χ1v) is 11.6. The van der Waals surface area contributed by atoms with Gasteiger partial charge >= 0.3 is 12.1 Å². The molecule has 0 radical (unpaired) electrons. The number of aliphatic carboxylic acids is 1. The van der Waals surface area contributed by atoms with Crippen LogP contribution in [-0.4, -0.2) is 23.7 Å². The summed E-state index contributed by atoms with van der Waals surface area (Å²) in [4.78, 5) is 10.9. The lowest BCUT2D eigenvalue weighted by atomic mass is 9.72. The highest BCUT2D eigenvalue weighted by Gasteiger charge is 2.38. The number of fused-ring (bicyclic) bond motifs is 1. The summed E-state index contributed by atoms with van der Waals surface area (Å²) < 4.78 is 48.3. The van der Waals surface area contributed by atoms with Crippen LogP contribution in [0.2, 0.25) is 0 Å². The second-order valence-corrected chi connectivity index (χ2v) is 10.2. The van der Waals surface area contributed by atoms with E-state index in [1.54, 1.807) is 18.2 Å². The highest BCUT2D eigenvalue weighted by molar-refractivity contribution is 5.89. The molecule has 1 saturated carbocycles. The Morgan fingerprint density at radius 2 is 1.79 bits per heavy atom. The van der Waals surface area contributed by atoms with Gasteiger partial charge in [-0.3, -0.25) is 4.79 Å². The molecule has 3 N–H and O–H groups in total. The number of carboxylic acids is 1. The summed E-state index contributed by atoms with van der Waals surface area (Å²) in [6.07, 6.45) is -1.10. The number of rotatable bonds is 7. The van der Waals surface area contributed by atoms with Gasteiger partial charge in [0.1, 0.15) is 11.3 Å². The Kier molecular flexibility index (Phi) is 7.62. The summed E-state index contributed by atoms with van der Waals surface area (Å²) in [6.45, 7) is 6.84. The zero-order valence-electron chi connectivity index (χ0n) is 19.5. The van der Waals surface area contributed by atoms with E-state index in [2.05, 4.69) is 20.8 Å². The molecular weight excluding hydrogens is 431 g/mol. The standard InChI is InChI=1S/C26H34F3NO3/c1-25(2,3)19-7-9-20(10-8-19)33-22-12-5-17-14-16(18(15-30)6-13-23(31)32)4-11-21(17)24(22)26(27,28)29/h4-5,11-12,14,18-20H,6-10,13,15,30H2,1-3H3,(H,31,32). The van der Waals surface area contributed by atoms with Crippen molar-refractivity contribution in [3.05, 3.63) is 41.5 Å². The molecule has 1 aliphatic carbocycles. The summed E-state index contributed by atoms with van der Waals surface area (Å²) in [5.41, 5.74) is 5.99. The summed E-state index contributed by atoms with van der Waals surface area (Å²) in [5.74, 6) is -0.727. The highest BCUT2D eigenvalue weighted by atomic mass is 19.4. The molecule has 1 aliphatic rings. The van der Waals surface area contributed by atoms with Crippen molar-refractivity contribution in [3.63, 3.8) is 0 Å². The molecule has 0 spiro atoms. The van der Waals surface area contributed by atoms with Gasteiger partial charge in [-0.25, -0.2) is 0 Å². The Hall–Kier alpha value is -2.28. The van der Waals surface area contributed by atoms with Gasteiger partial charge in [0.2, 0.25) is 0 Å². The zero-order valence-corrected chi connectivity index (χ0v) is 19.5. The molecule has 1 atom stereocenters. The van der Waals surface area contributed by atoms with E-state index < -0.39 is 17.7 Å². The van der Waals surface area contributed by atoms with Crippen molar-refractivity contribution in [2.24, 2.45) is 17.1 Å². The molecule has 0 aliphatic heterocycles. The van der Waals surface area contributed by atoms with Crippen LogP contribution in [0.3, 0.4) is 0 Å². The maximum atomic E-state index is 14.1. The first-order valence-electron chi connectivity index (χ1n) is 11.6. The van der Waals surface area contributed by atoms with Crippen LogP contribution in [0.1, 0.15) is 76.3 Å². The number of hydrogen-bond donors (Lipinski definition) is 2. The van der Waals surface area contributed by atoms with E-state index >= 15 is 0 Å². The Morgan fingerprint density at radius 3 is 2.33 bits per heavy atom. The SMILES string of the molecule is CC(C)(C)C1CCC(Oc2ccc3cc(C(CN)CCC(=O)O)ccc3c2C(F)(F)F)CC1. The molecule has 0 bridgehead atoms. The fourth-order valence-electron chi connectivity index (χ4n) is 4.92. The van der Waals surface area contributed by atoms with Crippen LogP contribution in [0.15, 0.2) is 30.3 Å². The third-order valence-corrected chi connectivity index (χ3v) is 6.94. The number of ether oxygens (including phenoxy) is 1. The molecule has 0 saturated heterocycles. The van der Waals surface area contributed by atoms with Gasteiger partial charge in [-0.15, -0.1) is 0 Å². The molecule has 1 unspecified atom stereocenters. The lowest BCUT2D eigenvalue weighted by molar-refractivity contribution is -0.138. The van der Waals surface area contributed by atoms with Crippen molar-refractivity contribution >= 4 is 16.7 Å². The number of benzene rings is 2. The van der Waals surface area contributed by atoms with Crippen molar-refractivity contribution in [3.8, 4) is 5.75 Å². The van der Waals surface area contributed by atoms with Crippen LogP contribution < -0.4 is 10.5 Å². The maximum absolute atomic E-state index is 14.1. The smallest absolute Gasteiger partial charge is 0.420 e. The number of hydrogen-bond acceptors (Lipinski definition) is 3. The van der Waals surface area contributed by atoms with Crippen LogP contribution >= 0.6 is 0 Å². The molecule has 33 heavy (non-hydrogen) atoms. The normalized spacial score (nSPS) is 20.6. The van der Waals surface area contributed by atoms with E-state index in [4.69, 9.17) is 15.6 Å². The molecule has 0 aromatic heterocycles. The number of carbonyl (C=O) groups is 1. The Morgan fingerprint density at radius 1 is 1.12 bits per heavy atom. The number of nitrogens with two attached hydrogens (primary N) is 1. The second-order valence-electron chi connectivity index (χ2n) is 10.2. The largest absolute Gasteiger partial charge is 0.490 e. The van der Waals surface area contributed by atoms with Crippen LogP contribution in [0.4, 0.5) is 13.2 Å². The number of carboxylic acid groups (broad SMARTS) is 1. The zero-order chi connectivity index (χ0) is 24.4. The quantitative estimate of drug-likeness (QED) is 0.474. The van der Waals surface area contributed by atoms with Gasteiger partial charge < -0.3 is 15.6 Å². The van der Waals surface area contributed by atoms with Crippen LogP contribution in [-0.2, 0) is 11.0 Å². The first-order chi connectivity index (χ1) is 15.4. The molecule has 1 fully saturated rings. The molecule has 0 heterocycles. The van der Waals surface area contributed by atoms with Gasteiger partial charge in [0.15, 0.2) is 0 Å². The predicted octanol–water partition coefficient (Wildman–Crippen LogP) is 6.75. The Balaban J connectivity index is 1.88. The van der Waals surface area contributed by atoms with Gasteiger partial charge in [0, 0.05) is 6.42 Å². The average molecular weight is 466 g/mol. The van der Waals surface area contributed by atoms with Gasteiger partial charge in [0.05, 0.1) is 6.10 Å². The molecule has 4 nitrogen and oxygen atoms in total. The monoisotopic (exact) mass is 465 g/mol. The lowest BCUT2D eigenvalue weighted by Crippen LogP contribution is -2.31. The molecule has 3 rings (SSSR count). The van der Waals surface area contributed by atoms with E-state index in [0.29, 0.717) is 17.7 Å². The van der Waals surface area contributed by atoms with Crippen LogP contribution in [0, 0.1) is 11.3 Å². The van der Waals surface area contributed by atoms with Crippen molar-refractivity contribution in [2.75, 3.05) is 6.54 Å². The van der Waals surface area contributed by atoms with E-state index in [1.807, 2.05) is 0 Å². The predicted molar refractivity (Wildman–Crippen MR) is 123 cm³/mol. The average Bonchev–Trinajstić information content (AvgIpc) is 2.72. The number of alkyl halides is 3. The molecule has 7 heteroatoms. The Bertz CT molecular complexity index is 973. The van der Waals surface area contributed by atoms with Crippen LogP contribution in [0.25, 0.3) is 10.8 Å². The summed E-state index contributed by atoms with van der Waals surface area (Å²) in [7, 11) is 0. The fourth-order valence-corrected chi connectivity index (χ4v) is 4.92. The third-order valence-electron chi connectivity index (χ3n) is 6.94. The minimum absolute atomic E-state index is 0.0437. The topological polar surface area (TPSA) is 72.5 Å². The first kappa shape index (κ1) is 25.3. The van der Waals surface area contributed by atoms with Gasteiger partial charge in [-0.1, -0.05) is 45.0 Å². The van der Waals surface area contributed by atoms with E-state index in [-0.39, 0.29) is 41.5 Å². The molecule has 182 valence electrons. The van der Waals surface area contributed by atoms with Gasteiger partial charge in [-0.05, 0) is 78.3 Å². The van der Waals surface area contributed by atoms with E-state index in [9.17, 15) is 18.0 Å². The summed E-state index contributed by atoms with van der Waals surface area (Å²) >= 11 is 0. The van der Waals surface area contributed by atoms with Crippen molar-refractivity contribution in [1.82, 2.24) is 0 Å². The van der Waals surface area contributed by atoms with E-state index in [1.165, 1.54) is 12.1 Å².